The Labute approximate surface area is 409 Å². The summed E-state index contributed by atoms with van der Waals surface area (Å²) in [4.78, 5) is 0. The van der Waals surface area contributed by atoms with Gasteiger partial charge in [-0.3, -0.25) is 0 Å². The van der Waals surface area contributed by atoms with Crippen LogP contribution in [-0.4, -0.2) is 25.5 Å². The Bertz CT molecular complexity index is 4060. The van der Waals surface area contributed by atoms with E-state index in [4.69, 9.17) is 0 Å². The Kier molecular flexibility index (Phi) is 9.35. The first-order chi connectivity index (χ1) is 34.7. The van der Waals surface area contributed by atoms with Gasteiger partial charge in [-0.25, -0.2) is 0 Å². The van der Waals surface area contributed by atoms with Gasteiger partial charge in [0.2, 0.25) is 0 Å². The van der Waals surface area contributed by atoms with Crippen LogP contribution < -0.4 is 0 Å². The molecular formula is C66H44O5. The van der Waals surface area contributed by atoms with E-state index in [1.54, 1.807) is 48.5 Å². The maximum Gasteiger partial charge on any atom is 0.127 e. The van der Waals surface area contributed by atoms with Crippen molar-refractivity contribution in [1.29, 1.82) is 0 Å². The van der Waals surface area contributed by atoms with Gasteiger partial charge in [0.25, 0.3) is 0 Å². The van der Waals surface area contributed by atoms with Crippen LogP contribution in [0.4, 0.5) is 0 Å². The molecule has 338 valence electrons. The van der Waals surface area contributed by atoms with Gasteiger partial charge in [0.05, 0.1) is 16.2 Å². The molecule has 5 N–H and O–H groups in total. The van der Waals surface area contributed by atoms with Crippen LogP contribution >= 0.6 is 0 Å². The number of aromatic hydroxyl groups is 5. The van der Waals surface area contributed by atoms with Crippen LogP contribution in [0.1, 0.15) is 44.5 Å². The fourth-order valence-electron chi connectivity index (χ4n) is 12.1. The van der Waals surface area contributed by atoms with Crippen LogP contribution in [0.15, 0.2) is 237 Å². The third-order valence-corrected chi connectivity index (χ3v) is 15.1. The molecule has 14 rings (SSSR count). The molecule has 0 unspecified atom stereocenters. The van der Waals surface area contributed by atoms with Crippen molar-refractivity contribution in [2.24, 2.45) is 0 Å². The highest BCUT2D eigenvalue weighted by Gasteiger charge is 2.48. The highest BCUT2D eigenvalue weighted by atomic mass is 16.3. The highest BCUT2D eigenvalue weighted by molar-refractivity contribution is 5.97. The quantitative estimate of drug-likeness (QED) is 0.121. The maximum absolute atomic E-state index is 11.2. The summed E-state index contributed by atoms with van der Waals surface area (Å²) >= 11 is 0. The summed E-state index contributed by atoms with van der Waals surface area (Å²) in [7, 11) is 0. The first kappa shape index (κ1) is 41.8. The van der Waals surface area contributed by atoms with Gasteiger partial charge >= 0.3 is 0 Å². The lowest BCUT2D eigenvalue weighted by Gasteiger charge is -2.34. The van der Waals surface area contributed by atoms with Crippen LogP contribution in [0.2, 0.25) is 0 Å². The summed E-state index contributed by atoms with van der Waals surface area (Å²) < 4.78 is 0. The Hall–Kier alpha value is -9.32. The minimum Gasteiger partial charge on any atom is -0.508 e. The standard InChI is InChI=1S/C33H22O3.C33H22O2/c34-25-15-13-20-16-23(14-12-21(20)18-25)33(24-17-22-6-5-11-30(35)32(22)31(36)19-24)28-9-3-1-7-26(28)27-8-2-4-10-29(27)33;34-26-16-13-21-18-24(14-12-22(21)20-26)33(25-15-17-27-23(19-25)6-5-11-32(27)35)30-9-3-1-7-28(30)29-8-2-4-10-31(29)33/h1-19,34-36H;1-20,34-35H. The van der Waals surface area contributed by atoms with E-state index in [-0.39, 0.29) is 23.0 Å². The molecule has 0 saturated carbocycles. The zero-order valence-electron chi connectivity index (χ0n) is 38.3. The van der Waals surface area contributed by atoms with Crippen molar-refractivity contribution in [2.75, 3.05) is 0 Å². The molecule has 2 aliphatic rings. The fraction of sp³-hybridized carbons (Fsp3) is 0.0303. The van der Waals surface area contributed by atoms with Crippen molar-refractivity contribution in [3.63, 3.8) is 0 Å². The number of hydrogen-bond donors (Lipinski definition) is 5. The van der Waals surface area contributed by atoms with E-state index >= 15 is 0 Å². The Balaban J connectivity index is 0.000000139. The zero-order chi connectivity index (χ0) is 48.0. The first-order valence-electron chi connectivity index (χ1n) is 23.8. The average Bonchev–Trinajstić information content (AvgIpc) is 3.87. The van der Waals surface area contributed by atoms with Gasteiger partial charge in [-0.2, -0.15) is 0 Å². The molecule has 2 aliphatic carbocycles. The molecule has 12 aromatic rings. The minimum absolute atomic E-state index is 0.0487. The second-order valence-electron chi connectivity index (χ2n) is 18.8. The number of phenolic OH excluding ortho intramolecular Hbond substituents is 5. The third-order valence-electron chi connectivity index (χ3n) is 15.1. The number of phenols is 5. The van der Waals surface area contributed by atoms with Gasteiger partial charge in [0, 0.05) is 5.39 Å². The zero-order valence-corrected chi connectivity index (χ0v) is 38.3. The molecule has 12 aromatic carbocycles. The minimum atomic E-state index is -0.684. The summed E-state index contributed by atoms with van der Waals surface area (Å²) in [6.45, 7) is 0. The lowest BCUT2D eigenvalue weighted by atomic mass is 9.67. The molecule has 0 radical (unpaired) electrons. The van der Waals surface area contributed by atoms with Crippen molar-refractivity contribution < 1.29 is 25.5 Å². The van der Waals surface area contributed by atoms with Gasteiger partial charge in [-0.1, -0.05) is 170 Å². The van der Waals surface area contributed by atoms with Gasteiger partial charge in [-0.15, -0.1) is 0 Å². The highest BCUT2D eigenvalue weighted by Crippen LogP contribution is 2.59. The van der Waals surface area contributed by atoms with Crippen molar-refractivity contribution in [1.82, 2.24) is 0 Å². The number of hydrogen-bond acceptors (Lipinski definition) is 5. The third kappa shape index (κ3) is 6.19. The van der Waals surface area contributed by atoms with Gasteiger partial charge in [0.1, 0.15) is 28.7 Å². The molecule has 0 spiro atoms. The van der Waals surface area contributed by atoms with E-state index in [9.17, 15) is 25.5 Å². The lowest BCUT2D eigenvalue weighted by molar-refractivity contribution is 0.463. The molecule has 0 heterocycles. The van der Waals surface area contributed by atoms with E-state index in [1.165, 1.54) is 27.8 Å². The van der Waals surface area contributed by atoms with Crippen LogP contribution in [-0.2, 0) is 10.8 Å². The van der Waals surface area contributed by atoms with Crippen molar-refractivity contribution in [2.45, 2.75) is 10.8 Å². The topological polar surface area (TPSA) is 101 Å². The number of rotatable bonds is 4. The van der Waals surface area contributed by atoms with E-state index in [0.717, 1.165) is 76.6 Å². The van der Waals surface area contributed by atoms with Crippen molar-refractivity contribution in [3.8, 4) is 51.0 Å². The largest absolute Gasteiger partial charge is 0.508 e. The summed E-state index contributed by atoms with van der Waals surface area (Å²) in [6.07, 6.45) is 0. The molecule has 0 aliphatic heterocycles. The number of benzene rings is 12. The maximum atomic E-state index is 11.2. The smallest absolute Gasteiger partial charge is 0.127 e. The van der Waals surface area contributed by atoms with Crippen LogP contribution in [0.25, 0.3) is 65.3 Å². The van der Waals surface area contributed by atoms with Crippen molar-refractivity contribution in [3.05, 3.63) is 281 Å². The van der Waals surface area contributed by atoms with Gasteiger partial charge < -0.3 is 25.5 Å². The first-order valence-corrected chi connectivity index (χ1v) is 23.8. The van der Waals surface area contributed by atoms with Crippen molar-refractivity contribution >= 4 is 43.1 Å². The molecular weight excluding hydrogens is 873 g/mol. The summed E-state index contributed by atoms with van der Waals surface area (Å²) in [6, 6.07) is 79.3. The molecule has 5 heteroatoms. The molecule has 0 amide bonds. The summed E-state index contributed by atoms with van der Waals surface area (Å²) in [5, 5.41) is 59.2. The van der Waals surface area contributed by atoms with E-state index in [0.29, 0.717) is 11.1 Å². The molecule has 71 heavy (non-hydrogen) atoms. The normalized spacial score (nSPS) is 13.6. The second kappa shape index (κ2) is 15.9. The summed E-state index contributed by atoms with van der Waals surface area (Å²) in [5.41, 5.74) is 12.7. The molecule has 0 fully saturated rings. The molecule has 0 aromatic heterocycles. The Morgan fingerprint density at radius 2 is 0.620 bits per heavy atom. The lowest BCUT2D eigenvalue weighted by Crippen LogP contribution is -2.28. The van der Waals surface area contributed by atoms with Crippen LogP contribution in [0, 0.1) is 0 Å². The molecule has 0 saturated heterocycles. The van der Waals surface area contributed by atoms with E-state index in [1.807, 2.05) is 36.4 Å². The Morgan fingerprint density at radius 1 is 0.239 bits per heavy atom. The molecule has 0 atom stereocenters. The fourth-order valence-corrected chi connectivity index (χ4v) is 12.1. The van der Waals surface area contributed by atoms with E-state index < -0.39 is 10.8 Å². The number of fused-ring (bicyclic) bond motifs is 10. The SMILES string of the molecule is Oc1ccc2cc(C3(c4cc(O)c5c(O)cccc5c4)c4ccccc4-c4ccccc43)ccc2c1.Oc1ccc2cc(C3(c4ccc5c(O)cccc5c4)c4ccccc4-c4ccccc43)ccc2c1. The molecule has 5 nitrogen and oxygen atoms in total. The second-order valence-corrected chi connectivity index (χ2v) is 18.8. The van der Waals surface area contributed by atoms with E-state index in [2.05, 4.69) is 152 Å². The predicted molar refractivity (Wildman–Crippen MR) is 286 cm³/mol. The Morgan fingerprint density at radius 3 is 1.13 bits per heavy atom. The van der Waals surface area contributed by atoms with Crippen LogP contribution in [0.3, 0.4) is 0 Å². The van der Waals surface area contributed by atoms with Crippen LogP contribution in [0.5, 0.6) is 28.7 Å². The predicted octanol–water partition coefficient (Wildman–Crippen LogP) is 15.2. The summed E-state index contributed by atoms with van der Waals surface area (Å²) in [5.74, 6) is 0.906. The van der Waals surface area contributed by atoms with Gasteiger partial charge in [-0.05, 0) is 166 Å². The average molecular weight is 917 g/mol. The monoisotopic (exact) mass is 916 g/mol. The molecule has 0 bridgehead atoms. The van der Waals surface area contributed by atoms with Gasteiger partial charge in [0.15, 0.2) is 0 Å².